The maximum atomic E-state index is 13.4. The van der Waals surface area contributed by atoms with Gasteiger partial charge in [0.05, 0.1) is 31.0 Å². The van der Waals surface area contributed by atoms with Gasteiger partial charge in [0.2, 0.25) is 0 Å². The van der Waals surface area contributed by atoms with Crippen molar-refractivity contribution < 1.29 is 23.8 Å². The van der Waals surface area contributed by atoms with Crippen molar-refractivity contribution in [3.8, 4) is 0 Å². The lowest BCUT2D eigenvalue weighted by Gasteiger charge is -2.34. The van der Waals surface area contributed by atoms with Gasteiger partial charge in [0.1, 0.15) is 6.10 Å². The van der Waals surface area contributed by atoms with E-state index in [1.54, 1.807) is 7.11 Å². The molecule has 198 valence electrons. The van der Waals surface area contributed by atoms with Crippen LogP contribution in [0.5, 0.6) is 0 Å². The SMILES string of the molecule is COCCCn1cc(CCCNC(=O)OC)c2cnc([C@@H](C)N(C(=O)[C@H]3CNCCO3)C3CC3)cc21. The molecule has 3 heterocycles. The molecule has 0 bridgehead atoms. The van der Waals surface area contributed by atoms with Gasteiger partial charge < -0.3 is 34.3 Å². The highest BCUT2D eigenvalue weighted by Gasteiger charge is 2.40. The Morgan fingerprint density at radius 1 is 1.33 bits per heavy atom. The van der Waals surface area contributed by atoms with Crippen molar-refractivity contribution in [2.24, 2.45) is 0 Å². The molecule has 10 nitrogen and oxygen atoms in total. The molecule has 2 atom stereocenters. The van der Waals surface area contributed by atoms with Crippen molar-refractivity contribution in [3.05, 3.63) is 29.7 Å². The van der Waals surface area contributed by atoms with E-state index in [0.717, 1.165) is 61.8 Å². The molecule has 2 aliphatic rings. The van der Waals surface area contributed by atoms with E-state index in [-0.39, 0.29) is 18.0 Å². The monoisotopic (exact) mass is 501 g/mol. The summed E-state index contributed by atoms with van der Waals surface area (Å²) in [6.45, 7) is 6.02. The summed E-state index contributed by atoms with van der Waals surface area (Å²) in [6.07, 6.45) is 7.82. The van der Waals surface area contributed by atoms with Crippen LogP contribution in [0, 0.1) is 0 Å². The first-order valence-electron chi connectivity index (χ1n) is 13.0. The summed E-state index contributed by atoms with van der Waals surface area (Å²) in [5, 5.41) is 7.11. The zero-order valence-electron chi connectivity index (χ0n) is 21.6. The first-order chi connectivity index (χ1) is 17.5. The lowest BCUT2D eigenvalue weighted by atomic mass is 10.1. The fourth-order valence-corrected chi connectivity index (χ4v) is 4.88. The summed E-state index contributed by atoms with van der Waals surface area (Å²) in [4.78, 5) is 31.6. The molecule has 1 aliphatic carbocycles. The number of pyridine rings is 1. The van der Waals surface area contributed by atoms with Crippen LogP contribution in [0.4, 0.5) is 4.79 Å². The third kappa shape index (κ3) is 6.35. The van der Waals surface area contributed by atoms with Gasteiger partial charge in [-0.3, -0.25) is 9.78 Å². The van der Waals surface area contributed by atoms with Gasteiger partial charge in [0.15, 0.2) is 0 Å². The van der Waals surface area contributed by atoms with Crippen molar-refractivity contribution in [1.82, 2.24) is 25.1 Å². The van der Waals surface area contributed by atoms with Crippen LogP contribution in [-0.4, -0.2) is 85.7 Å². The van der Waals surface area contributed by atoms with Gasteiger partial charge in [-0.15, -0.1) is 0 Å². The molecule has 0 unspecified atom stereocenters. The van der Waals surface area contributed by atoms with Gasteiger partial charge in [0.25, 0.3) is 5.91 Å². The minimum Gasteiger partial charge on any atom is -0.453 e. The molecule has 2 N–H and O–H groups in total. The van der Waals surface area contributed by atoms with Crippen molar-refractivity contribution >= 4 is 22.9 Å². The van der Waals surface area contributed by atoms with E-state index in [4.69, 9.17) is 14.5 Å². The fourth-order valence-electron chi connectivity index (χ4n) is 4.88. The van der Waals surface area contributed by atoms with E-state index in [1.807, 2.05) is 11.1 Å². The third-order valence-corrected chi connectivity index (χ3v) is 6.94. The topological polar surface area (TPSA) is 107 Å². The van der Waals surface area contributed by atoms with Gasteiger partial charge in [-0.2, -0.15) is 0 Å². The first kappa shape index (κ1) is 26.4. The number of rotatable bonds is 12. The summed E-state index contributed by atoms with van der Waals surface area (Å²) in [5.74, 6) is 0.0494. The minimum absolute atomic E-state index is 0.0494. The van der Waals surface area contributed by atoms with Gasteiger partial charge in [-0.05, 0) is 50.7 Å². The maximum absolute atomic E-state index is 13.4. The predicted molar refractivity (Wildman–Crippen MR) is 136 cm³/mol. The van der Waals surface area contributed by atoms with Gasteiger partial charge in [-0.25, -0.2) is 4.79 Å². The van der Waals surface area contributed by atoms with Crippen LogP contribution in [0.2, 0.25) is 0 Å². The van der Waals surface area contributed by atoms with E-state index < -0.39 is 12.2 Å². The number of alkyl carbamates (subject to hydrolysis) is 1. The molecule has 1 aliphatic heterocycles. The molecule has 2 amide bonds. The quantitative estimate of drug-likeness (QED) is 0.430. The van der Waals surface area contributed by atoms with Gasteiger partial charge >= 0.3 is 6.09 Å². The van der Waals surface area contributed by atoms with Crippen LogP contribution in [0.15, 0.2) is 18.5 Å². The van der Waals surface area contributed by atoms with E-state index in [0.29, 0.717) is 26.3 Å². The fraction of sp³-hybridized carbons (Fsp3) is 0.654. The van der Waals surface area contributed by atoms with E-state index in [9.17, 15) is 9.59 Å². The molecular weight excluding hydrogens is 462 g/mol. The Morgan fingerprint density at radius 2 is 2.17 bits per heavy atom. The van der Waals surface area contributed by atoms with Crippen molar-refractivity contribution in [1.29, 1.82) is 0 Å². The first-order valence-corrected chi connectivity index (χ1v) is 13.0. The number of methoxy groups -OCH3 is 2. The number of hydrogen-bond acceptors (Lipinski definition) is 7. The zero-order chi connectivity index (χ0) is 25.5. The van der Waals surface area contributed by atoms with Crippen LogP contribution < -0.4 is 10.6 Å². The molecule has 10 heteroatoms. The average Bonchev–Trinajstić information content (AvgIpc) is 3.68. The number of carbonyl (C=O) groups is 2. The molecule has 0 aromatic carbocycles. The van der Waals surface area contributed by atoms with E-state index >= 15 is 0 Å². The number of hydrogen-bond donors (Lipinski definition) is 2. The number of nitrogens with zero attached hydrogens (tertiary/aromatic N) is 3. The van der Waals surface area contributed by atoms with Gasteiger partial charge in [0, 0.05) is 63.7 Å². The summed E-state index contributed by atoms with van der Waals surface area (Å²) in [6, 6.07) is 2.24. The number of nitrogens with one attached hydrogen (secondary N) is 2. The standard InChI is InChI=1S/C26H39N5O5/c1-18(31(20-7-8-20)25(32)24-16-27-10-13-36-24)22-14-23-21(15-29-22)19(6-4-9-28-26(33)35-3)17-30(23)11-5-12-34-2/h14-15,17-18,20,24,27H,4-13,16H2,1-3H3,(H,28,33)/t18-,24-/m1/s1. The summed E-state index contributed by atoms with van der Waals surface area (Å²) in [7, 11) is 3.08. The van der Waals surface area contributed by atoms with Crippen LogP contribution in [-0.2, 0) is 32.0 Å². The van der Waals surface area contributed by atoms with Crippen molar-refractivity contribution in [2.45, 2.75) is 63.8 Å². The average molecular weight is 502 g/mol. The largest absolute Gasteiger partial charge is 0.453 e. The van der Waals surface area contributed by atoms with Crippen LogP contribution in [0.25, 0.3) is 10.9 Å². The van der Waals surface area contributed by atoms with Crippen molar-refractivity contribution in [3.63, 3.8) is 0 Å². The Morgan fingerprint density at radius 3 is 2.86 bits per heavy atom. The normalized spacial score (nSPS) is 18.7. The van der Waals surface area contributed by atoms with Crippen LogP contribution >= 0.6 is 0 Å². The number of amides is 2. The second-order valence-corrected chi connectivity index (χ2v) is 9.56. The Kier molecular flexibility index (Phi) is 9.17. The van der Waals surface area contributed by atoms with Crippen molar-refractivity contribution in [2.75, 3.05) is 47.1 Å². The maximum Gasteiger partial charge on any atom is 0.406 e. The Labute approximate surface area is 212 Å². The lowest BCUT2D eigenvalue weighted by Crippen LogP contribution is -2.50. The van der Waals surface area contributed by atoms with Crippen LogP contribution in [0.1, 0.15) is 49.9 Å². The van der Waals surface area contributed by atoms with E-state index in [2.05, 4.69) is 39.1 Å². The molecule has 1 saturated carbocycles. The number of carbonyl (C=O) groups excluding carboxylic acids is 2. The predicted octanol–water partition coefficient (Wildman–Crippen LogP) is 2.40. The molecule has 0 radical (unpaired) electrons. The number of fused-ring (bicyclic) bond motifs is 1. The molecule has 0 spiro atoms. The number of ether oxygens (including phenoxy) is 3. The van der Waals surface area contributed by atoms with Crippen LogP contribution in [0.3, 0.4) is 0 Å². The molecule has 2 aromatic heterocycles. The molecule has 2 aromatic rings. The zero-order valence-corrected chi connectivity index (χ0v) is 21.6. The highest BCUT2D eigenvalue weighted by molar-refractivity contribution is 5.85. The number of aromatic nitrogens is 2. The Balaban J connectivity index is 1.55. The number of morpholine rings is 1. The lowest BCUT2D eigenvalue weighted by molar-refractivity contribution is -0.148. The molecule has 36 heavy (non-hydrogen) atoms. The second kappa shape index (κ2) is 12.5. The highest BCUT2D eigenvalue weighted by atomic mass is 16.5. The third-order valence-electron chi connectivity index (χ3n) is 6.94. The molecule has 2 fully saturated rings. The summed E-state index contributed by atoms with van der Waals surface area (Å²) in [5.41, 5.74) is 3.19. The molecular formula is C26H39N5O5. The van der Waals surface area contributed by atoms with Gasteiger partial charge in [-0.1, -0.05) is 0 Å². The summed E-state index contributed by atoms with van der Waals surface area (Å²) >= 11 is 0. The second-order valence-electron chi connectivity index (χ2n) is 9.56. The Hall–Kier alpha value is -2.69. The highest BCUT2D eigenvalue weighted by Crippen LogP contribution is 2.36. The Bertz CT molecular complexity index is 1030. The van der Waals surface area contributed by atoms with E-state index in [1.165, 1.54) is 12.7 Å². The molecule has 4 rings (SSSR count). The molecule has 1 saturated heterocycles. The number of aryl methyl sites for hydroxylation is 2. The summed E-state index contributed by atoms with van der Waals surface area (Å²) < 4.78 is 17.9. The minimum atomic E-state index is -0.436. The smallest absolute Gasteiger partial charge is 0.406 e.